The summed E-state index contributed by atoms with van der Waals surface area (Å²) in [5.74, 6) is 0.651. The van der Waals surface area contributed by atoms with Crippen LogP contribution in [0.25, 0.3) is 10.9 Å². The van der Waals surface area contributed by atoms with Crippen molar-refractivity contribution < 1.29 is 4.79 Å². The van der Waals surface area contributed by atoms with E-state index in [1.54, 1.807) is 11.8 Å². The van der Waals surface area contributed by atoms with E-state index in [4.69, 9.17) is 0 Å². The maximum absolute atomic E-state index is 12.2. The lowest BCUT2D eigenvalue weighted by molar-refractivity contribution is 0.0954. The van der Waals surface area contributed by atoms with E-state index in [0.717, 1.165) is 45.7 Å². The third-order valence-electron chi connectivity index (χ3n) is 4.34. The van der Waals surface area contributed by atoms with E-state index in [2.05, 4.69) is 39.8 Å². The molecule has 3 aromatic rings. The van der Waals surface area contributed by atoms with Crippen LogP contribution in [0.5, 0.6) is 0 Å². The molecule has 0 aliphatic heterocycles. The Hall–Kier alpha value is -2.66. The highest BCUT2D eigenvalue weighted by Gasteiger charge is 2.06. The molecule has 1 aromatic heterocycles. The van der Waals surface area contributed by atoms with Gasteiger partial charge in [0.15, 0.2) is 0 Å². The number of para-hydroxylation sites is 1. The molecule has 0 saturated heterocycles. The summed E-state index contributed by atoms with van der Waals surface area (Å²) in [4.78, 5) is 17.8. The topological polar surface area (TPSA) is 54.4 Å². The number of pyridine rings is 1. The Balaban J connectivity index is 1.64. The summed E-state index contributed by atoms with van der Waals surface area (Å²) >= 11 is 1.75. The fraction of sp³-hybridized carbons (Fsp3) is 0.227. The van der Waals surface area contributed by atoms with Crippen LogP contribution in [0, 0.1) is 0 Å². The minimum Gasteiger partial charge on any atom is -0.267 e. The van der Waals surface area contributed by atoms with E-state index in [0.29, 0.717) is 5.56 Å². The minimum absolute atomic E-state index is 0.174. The van der Waals surface area contributed by atoms with Crippen molar-refractivity contribution in [3.05, 3.63) is 71.9 Å². The SMILES string of the molecule is CCC(CC)=NNC(=O)c1ccc(CSc2cccc3cccnc23)cc1. The van der Waals surface area contributed by atoms with Crippen molar-refractivity contribution in [3.8, 4) is 0 Å². The second-order valence-corrected chi connectivity index (χ2v) is 7.16. The number of nitrogens with zero attached hydrogens (tertiary/aromatic N) is 2. The molecular formula is C22H23N3OS. The number of thioether (sulfide) groups is 1. The summed E-state index contributed by atoms with van der Waals surface area (Å²) in [5, 5.41) is 5.32. The molecule has 138 valence electrons. The third-order valence-corrected chi connectivity index (χ3v) is 5.46. The molecule has 1 N–H and O–H groups in total. The Bertz CT molecular complexity index is 940. The van der Waals surface area contributed by atoms with E-state index in [1.807, 2.05) is 50.4 Å². The summed E-state index contributed by atoms with van der Waals surface area (Å²) in [6.07, 6.45) is 3.51. The Morgan fingerprint density at radius 1 is 1.04 bits per heavy atom. The van der Waals surface area contributed by atoms with Crippen molar-refractivity contribution in [1.29, 1.82) is 0 Å². The molecule has 0 aliphatic carbocycles. The van der Waals surface area contributed by atoms with Gasteiger partial charge >= 0.3 is 0 Å². The van der Waals surface area contributed by atoms with Crippen molar-refractivity contribution in [2.24, 2.45) is 5.10 Å². The maximum Gasteiger partial charge on any atom is 0.271 e. The number of carbonyl (C=O) groups is 1. The standard InChI is InChI=1S/C22H23N3OS/c1-3-19(4-2)24-25-22(26)18-12-10-16(11-13-18)15-27-20-9-5-7-17-8-6-14-23-21(17)20/h5-14H,3-4,15H2,1-2H3,(H,25,26). The van der Waals surface area contributed by atoms with Crippen LogP contribution in [0.2, 0.25) is 0 Å². The average Bonchev–Trinajstić information content (AvgIpc) is 2.73. The number of carbonyl (C=O) groups excluding carboxylic acids is 1. The van der Waals surface area contributed by atoms with Gasteiger partial charge in [0.25, 0.3) is 5.91 Å². The van der Waals surface area contributed by atoms with E-state index < -0.39 is 0 Å². The molecule has 0 radical (unpaired) electrons. The van der Waals surface area contributed by atoms with E-state index in [-0.39, 0.29) is 5.91 Å². The van der Waals surface area contributed by atoms with Gasteiger partial charge in [0.2, 0.25) is 0 Å². The Morgan fingerprint density at radius 3 is 2.52 bits per heavy atom. The van der Waals surface area contributed by atoms with Gasteiger partial charge in [-0.25, -0.2) is 5.43 Å². The van der Waals surface area contributed by atoms with Crippen molar-refractivity contribution >= 4 is 34.3 Å². The van der Waals surface area contributed by atoms with Crippen LogP contribution >= 0.6 is 11.8 Å². The molecule has 4 nitrogen and oxygen atoms in total. The first-order chi connectivity index (χ1) is 13.2. The highest BCUT2D eigenvalue weighted by molar-refractivity contribution is 7.98. The predicted octanol–water partition coefficient (Wildman–Crippen LogP) is 5.43. The summed E-state index contributed by atoms with van der Waals surface area (Å²) in [6, 6.07) is 17.9. The predicted molar refractivity (Wildman–Crippen MR) is 113 cm³/mol. The molecule has 0 saturated carbocycles. The molecule has 0 unspecified atom stereocenters. The first-order valence-corrected chi connectivity index (χ1v) is 10.1. The van der Waals surface area contributed by atoms with Crippen molar-refractivity contribution in [1.82, 2.24) is 10.4 Å². The van der Waals surface area contributed by atoms with Crippen molar-refractivity contribution in [2.45, 2.75) is 37.3 Å². The summed E-state index contributed by atoms with van der Waals surface area (Å²) in [7, 11) is 0. The van der Waals surface area contributed by atoms with Crippen LogP contribution in [0.3, 0.4) is 0 Å². The van der Waals surface area contributed by atoms with Crippen LogP contribution in [0.15, 0.2) is 70.8 Å². The Kier molecular flexibility index (Phi) is 6.60. The van der Waals surface area contributed by atoms with E-state index in [1.165, 1.54) is 0 Å². The number of amides is 1. The number of hydrazone groups is 1. The average molecular weight is 378 g/mol. The quantitative estimate of drug-likeness (QED) is 0.339. The fourth-order valence-electron chi connectivity index (χ4n) is 2.71. The van der Waals surface area contributed by atoms with Crippen LogP contribution in [-0.4, -0.2) is 16.6 Å². The van der Waals surface area contributed by atoms with Gasteiger partial charge in [-0.3, -0.25) is 9.78 Å². The van der Waals surface area contributed by atoms with Crippen LogP contribution in [0.1, 0.15) is 42.6 Å². The number of fused-ring (bicyclic) bond motifs is 1. The zero-order valence-electron chi connectivity index (χ0n) is 15.6. The minimum atomic E-state index is -0.174. The van der Waals surface area contributed by atoms with Gasteiger partial charge in [-0.15, -0.1) is 11.8 Å². The van der Waals surface area contributed by atoms with Crippen LogP contribution in [0.4, 0.5) is 0 Å². The molecule has 1 heterocycles. The maximum atomic E-state index is 12.2. The van der Waals surface area contributed by atoms with Crippen molar-refractivity contribution in [2.75, 3.05) is 0 Å². The van der Waals surface area contributed by atoms with Crippen LogP contribution < -0.4 is 5.43 Å². The zero-order chi connectivity index (χ0) is 19.1. The first kappa shape index (κ1) is 19.1. The zero-order valence-corrected chi connectivity index (χ0v) is 16.4. The summed E-state index contributed by atoms with van der Waals surface area (Å²) in [5.41, 5.74) is 6.43. The lowest BCUT2D eigenvalue weighted by Crippen LogP contribution is -2.19. The lowest BCUT2D eigenvalue weighted by Gasteiger charge is -2.07. The third kappa shape index (κ3) is 4.95. The molecule has 3 rings (SSSR count). The van der Waals surface area contributed by atoms with Gasteiger partial charge in [0, 0.05) is 33.5 Å². The fourth-order valence-corrected chi connectivity index (χ4v) is 3.71. The van der Waals surface area contributed by atoms with Gasteiger partial charge in [-0.05, 0) is 42.7 Å². The second-order valence-electron chi connectivity index (χ2n) is 6.14. The van der Waals surface area contributed by atoms with Gasteiger partial charge in [-0.2, -0.15) is 5.10 Å². The van der Waals surface area contributed by atoms with Gasteiger partial charge in [0.05, 0.1) is 5.52 Å². The number of benzene rings is 2. The Morgan fingerprint density at radius 2 is 1.78 bits per heavy atom. The highest BCUT2D eigenvalue weighted by atomic mass is 32.2. The van der Waals surface area contributed by atoms with E-state index >= 15 is 0 Å². The first-order valence-electron chi connectivity index (χ1n) is 9.12. The summed E-state index contributed by atoms with van der Waals surface area (Å²) < 4.78 is 0. The molecule has 2 aromatic carbocycles. The number of hydrogen-bond acceptors (Lipinski definition) is 4. The highest BCUT2D eigenvalue weighted by Crippen LogP contribution is 2.28. The molecule has 0 atom stereocenters. The monoisotopic (exact) mass is 377 g/mol. The molecule has 1 amide bonds. The van der Waals surface area contributed by atoms with Gasteiger partial charge < -0.3 is 0 Å². The number of hydrogen-bond donors (Lipinski definition) is 1. The summed E-state index contributed by atoms with van der Waals surface area (Å²) in [6.45, 7) is 4.07. The second kappa shape index (κ2) is 9.33. The number of aromatic nitrogens is 1. The van der Waals surface area contributed by atoms with Crippen molar-refractivity contribution in [3.63, 3.8) is 0 Å². The molecule has 5 heteroatoms. The number of rotatable bonds is 7. The van der Waals surface area contributed by atoms with E-state index in [9.17, 15) is 4.79 Å². The largest absolute Gasteiger partial charge is 0.271 e. The molecule has 0 aliphatic rings. The Labute approximate surface area is 164 Å². The number of nitrogens with one attached hydrogen (secondary N) is 1. The molecular weight excluding hydrogens is 354 g/mol. The van der Waals surface area contributed by atoms with Gasteiger partial charge in [0.1, 0.15) is 0 Å². The normalized spacial score (nSPS) is 10.6. The molecule has 27 heavy (non-hydrogen) atoms. The smallest absolute Gasteiger partial charge is 0.267 e. The van der Waals surface area contributed by atoms with Gasteiger partial charge in [-0.1, -0.05) is 44.2 Å². The van der Waals surface area contributed by atoms with Crippen LogP contribution in [-0.2, 0) is 5.75 Å². The lowest BCUT2D eigenvalue weighted by atomic mass is 10.1. The molecule has 0 bridgehead atoms. The molecule has 0 fully saturated rings. The molecule has 0 spiro atoms.